The topological polar surface area (TPSA) is 98.7 Å². The maximum absolute atomic E-state index is 11.2. The number of hydrogen-bond donors (Lipinski definition) is 2. The predicted octanol–water partition coefficient (Wildman–Crippen LogP) is 0.963. The van der Waals surface area contributed by atoms with Crippen molar-refractivity contribution in [1.82, 2.24) is 25.5 Å². The standard InChI is InChI=1S/C17H18N6O/c18-10-16(24)19-11-13-5-4-6-14(9-13)12-23-21-17(20-22-23)15-7-2-1-3-8-15/h1-9H,10-12,18H2,(H,19,24). The van der Waals surface area contributed by atoms with Crippen molar-refractivity contribution in [3.63, 3.8) is 0 Å². The molecule has 24 heavy (non-hydrogen) atoms. The van der Waals surface area contributed by atoms with Crippen molar-refractivity contribution in [1.29, 1.82) is 0 Å². The summed E-state index contributed by atoms with van der Waals surface area (Å²) in [5, 5.41) is 15.3. The van der Waals surface area contributed by atoms with E-state index in [1.165, 1.54) is 0 Å². The summed E-state index contributed by atoms with van der Waals surface area (Å²) in [5.41, 5.74) is 8.24. The highest BCUT2D eigenvalue weighted by molar-refractivity contribution is 5.77. The van der Waals surface area contributed by atoms with Gasteiger partial charge in [0.25, 0.3) is 0 Å². The molecule has 0 fully saturated rings. The van der Waals surface area contributed by atoms with Crippen molar-refractivity contribution in [2.45, 2.75) is 13.1 Å². The minimum atomic E-state index is -0.175. The first-order valence-corrected chi connectivity index (χ1v) is 7.62. The Hall–Kier alpha value is -3.06. The van der Waals surface area contributed by atoms with Crippen LogP contribution in [0.5, 0.6) is 0 Å². The highest BCUT2D eigenvalue weighted by Gasteiger charge is 2.06. The van der Waals surface area contributed by atoms with Crippen molar-refractivity contribution < 1.29 is 4.79 Å². The van der Waals surface area contributed by atoms with Crippen LogP contribution in [-0.4, -0.2) is 32.7 Å². The number of rotatable bonds is 6. The Morgan fingerprint density at radius 2 is 1.88 bits per heavy atom. The Bertz CT molecular complexity index is 815. The molecule has 0 atom stereocenters. The summed E-state index contributed by atoms with van der Waals surface area (Å²) >= 11 is 0. The zero-order chi connectivity index (χ0) is 16.8. The fourth-order valence-corrected chi connectivity index (χ4v) is 2.29. The number of tetrazole rings is 1. The van der Waals surface area contributed by atoms with E-state index in [0.29, 0.717) is 18.9 Å². The third-order valence-corrected chi connectivity index (χ3v) is 3.48. The number of amides is 1. The highest BCUT2D eigenvalue weighted by atomic mass is 16.1. The number of nitrogens with two attached hydrogens (primary N) is 1. The molecule has 7 nitrogen and oxygen atoms in total. The number of nitrogens with one attached hydrogen (secondary N) is 1. The van der Waals surface area contributed by atoms with Gasteiger partial charge in [-0.2, -0.15) is 4.80 Å². The number of nitrogens with zero attached hydrogens (tertiary/aromatic N) is 4. The van der Waals surface area contributed by atoms with Crippen LogP contribution in [-0.2, 0) is 17.9 Å². The summed E-state index contributed by atoms with van der Waals surface area (Å²) in [4.78, 5) is 12.8. The lowest BCUT2D eigenvalue weighted by Gasteiger charge is -2.06. The van der Waals surface area contributed by atoms with Crippen LogP contribution in [0.2, 0.25) is 0 Å². The van der Waals surface area contributed by atoms with E-state index >= 15 is 0 Å². The second kappa shape index (κ2) is 7.47. The van der Waals surface area contributed by atoms with Gasteiger partial charge in [-0.15, -0.1) is 10.2 Å². The zero-order valence-electron chi connectivity index (χ0n) is 13.1. The molecule has 0 aliphatic rings. The number of aromatic nitrogens is 4. The molecule has 3 aromatic rings. The lowest BCUT2D eigenvalue weighted by Crippen LogP contribution is -2.29. The van der Waals surface area contributed by atoms with Crippen LogP contribution >= 0.6 is 0 Å². The number of carbonyl (C=O) groups excluding carboxylic acids is 1. The largest absolute Gasteiger partial charge is 0.351 e. The molecule has 122 valence electrons. The Morgan fingerprint density at radius 3 is 2.67 bits per heavy atom. The lowest BCUT2D eigenvalue weighted by molar-refractivity contribution is -0.119. The summed E-state index contributed by atoms with van der Waals surface area (Å²) in [6, 6.07) is 17.6. The van der Waals surface area contributed by atoms with Gasteiger partial charge in [0, 0.05) is 12.1 Å². The SMILES string of the molecule is NCC(=O)NCc1cccc(Cn2nnc(-c3ccccc3)n2)c1. The molecule has 3 N–H and O–H groups in total. The van der Waals surface area contributed by atoms with E-state index in [1.54, 1.807) is 4.80 Å². The molecule has 0 saturated heterocycles. The van der Waals surface area contributed by atoms with Crippen LogP contribution in [0.25, 0.3) is 11.4 Å². The first-order chi connectivity index (χ1) is 11.7. The first kappa shape index (κ1) is 15.8. The van der Waals surface area contributed by atoms with Gasteiger partial charge in [-0.05, 0) is 16.3 Å². The number of carbonyl (C=O) groups is 1. The summed E-state index contributed by atoms with van der Waals surface area (Å²) < 4.78 is 0. The molecule has 7 heteroatoms. The van der Waals surface area contributed by atoms with Crippen LogP contribution in [0.15, 0.2) is 54.6 Å². The van der Waals surface area contributed by atoms with Crippen molar-refractivity contribution in [3.8, 4) is 11.4 Å². The second-order valence-electron chi connectivity index (χ2n) is 5.31. The van der Waals surface area contributed by atoms with Crippen LogP contribution < -0.4 is 11.1 Å². The van der Waals surface area contributed by atoms with Crippen LogP contribution in [0.1, 0.15) is 11.1 Å². The van der Waals surface area contributed by atoms with E-state index in [4.69, 9.17) is 5.73 Å². The highest BCUT2D eigenvalue weighted by Crippen LogP contribution is 2.12. The van der Waals surface area contributed by atoms with Crippen molar-refractivity contribution in [2.24, 2.45) is 5.73 Å². The average molecular weight is 322 g/mol. The molecule has 1 heterocycles. The van der Waals surface area contributed by atoms with Crippen molar-refractivity contribution in [2.75, 3.05) is 6.54 Å². The van der Waals surface area contributed by atoms with Gasteiger partial charge in [0.1, 0.15) is 0 Å². The lowest BCUT2D eigenvalue weighted by atomic mass is 10.1. The molecule has 0 radical (unpaired) electrons. The zero-order valence-corrected chi connectivity index (χ0v) is 13.1. The molecular formula is C17H18N6O. The van der Waals surface area contributed by atoms with E-state index in [9.17, 15) is 4.79 Å². The monoisotopic (exact) mass is 322 g/mol. The molecule has 2 aromatic carbocycles. The molecule has 0 spiro atoms. The molecule has 0 aliphatic carbocycles. The number of hydrogen-bond acceptors (Lipinski definition) is 5. The van der Waals surface area contributed by atoms with Crippen LogP contribution in [0, 0.1) is 0 Å². The fourth-order valence-electron chi connectivity index (χ4n) is 2.29. The first-order valence-electron chi connectivity index (χ1n) is 7.62. The van der Waals surface area contributed by atoms with Crippen molar-refractivity contribution in [3.05, 3.63) is 65.7 Å². The minimum absolute atomic E-state index is 0.00910. The van der Waals surface area contributed by atoms with E-state index < -0.39 is 0 Å². The molecule has 0 aliphatic heterocycles. The van der Waals surface area contributed by atoms with Crippen LogP contribution in [0.4, 0.5) is 0 Å². The molecule has 0 saturated carbocycles. The van der Waals surface area contributed by atoms with Gasteiger partial charge >= 0.3 is 0 Å². The van der Waals surface area contributed by atoms with E-state index in [0.717, 1.165) is 16.7 Å². The molecule has 3 rings (SSSR count). The minimum Gasteiger partial charge on any atom is -0.351 e. The quantitative estimate of drug-likeness (QED) is 0.704. The van der Waals surface area contributed by atoms with Crippen LogP contribution in [0.3, 0.4) is 0 Å². The molecule has 1 amide bonds. The predicted molar refractivity (Wildman–Crippen MR) is 89.7 cm³/mol. The van der Waals surface area contributed by atoms with Crippen molar-refractivity contribution >= 4 is 5.91 Å². The van der Waals surface area contributed by atoms with Gasteiger partial charge in [-0.3, -0.25) is 4.79 Å². The molecular weight excluding hydrogens is 304 g/mol. The van der Waals surface area contributed by atoms with E-state index in [2.05, 4.69) is 20.7 Å². The summed E-state index contributed by atoms with van der Waals surface area (Å²) in [7, 11) is 0. The van der Waals surface area contributed by atoms with Gasteiger partial charge in [-0.1, -0.05) is 54.6 Å². The van der Waals surface area contributed by atoms with Gasteiger partial charge in [0.15, 0.2) is 0 Å². The number of benzene rings is 2. The Labute approximate surface area is 139 Å². The van der Waals surface area contributed by atoms with Gasteiger partial charge in [-0.25, -0.2) is 0 Å². The summed E-state index contributed by atoms with van der Waals surface area (Å²) in [5.74, 6) is 0.424. The molecule has 0 unspecified atom stereocenters. The third kappa shape index (κ3) is 4.02. The maximum Gasteiger partial charge on any atom is 0.234 e. The third-order valence-electron chi connectivity index (χ3n) is 3.48. The van der Waals surface area contributed by atoms with Gasteiger partial charge < -0.3 is 11.1 Å². The summed E-state index contributed by atoms with van der Waals surface area (Å²) in [6.07, 6.45) is 0. The Morgan fingerprint density at radius 1 is 1.08 bits per heavy atom. The summed E-state index contributed by atoms with van der Waals surface area (Å²) in [6.45, 7) is 0.952. The van der Waals surface area contributed by atoms with E-state index in [-0.39, 0.29) is 12.5 Å². The van der Waals surface area contributed by atoms with Gasteiger partial charge in [0.05, 0.1) is 13.1 Å². The molecule has 1 aromatic heterocycles. The normalized spacial score (nSPS) is 10.5. The van der Waals surface area contributed by atoms with E-state index in [1.807, 2.05) is 54.6 Å². The fraction of sp³-hybridized carbons (Fsp3) is 0.176. The average Bonchev–Trinajstić information content (AvgIpc) is 3.09. The second-order valence-corrected chi connectivity index (χ2v) is 5.31. The Balaban J connectivity index is 1.68. The molecule has 0 bridgehead atoms. The smallest absolute Gasteiger partial charge is 0.234 e. The van der Waals surface area contributed by atoms with Gasteiger partial charge in [0.2, 0.25) is 11.7 Å². The Kier molecular flexibility index (Phi) is 4.93. The maximum atomic E-state index is 11.2.